The lowest BCUT2D eigenvalue weighted by Gasteiger charge is -2.28. The van der Waals surface area contributed by atoms with Crippen LogP contribution in [-0.2, 0) is 11.2 Å². The first-order valence-electron chi connectivity index (χ1n) is 7.55. The van der Waals surface area contributed by atoms with Crippen LogP contribution in [0.4, 0.5) is 10.6 Å². The predicted octanol–water partition coefficient (Wildman–Crippen LogP) is 3.87. The van der Waals surface area contributed by atoms with Crippen LogP contribution in [0.25, 0.3) is 0 Å². The van der Waals surface area contributed by atoms with E-state index >= 15 is 0 Å². The van der Waals surface area contributed by atoms with Crippen molar-refractivity contribution < 1.29 is 9.53 Å². The number of hydrogen-bond donors (Lipinski definition) is 0. The minimum atomic E-state index is -0.475. The molecule has 1 amide bonds. The van der Waals surface area contributed by atoms with E-state index in [1.54, 1.807) is 6.20 Å². The zero-order valence-corrected chi connectivity index (χ0v) is 14.7. The molecule has 0 bridgehead atoms. The Kier molecular flexibility index (Phi) is 3.97. The highest BCUT2D eigenvalue weighted by Crippen LogP contribution is 2.31. The van der Waals surface area contributed by atoms with Gasteiger partial charge in [0.2, 0.25) is 0 Å². The van der Waals surface area contributed by atoms with Crippen LogP contribution >= 0.6 is 15.9 Å². The Hall–Kier alpha value is -1.43. The van der Waals surface area contributed by atoms with E-state index in [1.165, 1.54) is 0 Å². The number of likely N-dealkylation sites (tertiary alicyclic amines) is 1. The van der Waals surface area contributed by atoms with Crippen molar-refractivity contribution in [3.63, 3.8) is 0 Å². The molecule has 1 atom stereocenters. The number of fused-ring (bicyclic) bond motifs is 1. The zero-order chi connectivity index (χ0) is 15.9. The summed E-state index contributed by atoms with van der Waals surface area (Å²) in [5.41, 5.74) is 1.65. The van der Waals surface area contributed by atoms with Crippen molar-refractivity contribution in [2.45, 2.75) is 51.7 Å². The van der Waals surface area contributed by atoms with Crippen molar-refractivity contribution in [3.05, 3.63) is 22.3 Å². The molecule has 0 aromatic carbocycles. The predicted molar refractivity (Wildman–Crippen MR) is 88.7 cm³/mol. The fourth-order valence-electron chi connectivity index (χ4n) is 2.92. The van der Waals surface area contributed by atoms with Crippen LogP contribution in [0.5, 0.6) is 0 Å². The van der Waals surface area contributed by atoms with Gasteiger partial charge in [-0.25, -0.2) is 14.8 Å². The molecule has 2 aliphatic heterocycles. The maximum absolute atomic E-state index is 12.4. The number of pyridine rings is 1. The van der Waals surface area contributed by atoms with Crippen molar-refractivity contribution in [1.82, 2.24) is 9.88 Å². The number of nitrogens with zero attached hydrogens (tertiary/aromatic N) is 3. The van der Waals surface area contributed by atoms with Crippen LogP contribution in [0, 0.1) is 0 Å². The first-order chi connectivity index (χ1) is 10.3. The maximum atomic E-state index is 12.4. The van der Waals surface area contributed by atoms with Crippen LogP contribution in [0.2, 0.25) is 0 Å². The molecule has 0 N–H and O–H groups in total. The molecule has 1 aromatic heterocycles. The highest BCUT2D eigenvalue weighted by molar-refractivity contribution is 9.10. The number of hydrogen-bond acceptors (Lipinski definition) is 4. The zero-order valence-electron chi connectivity index (χ0n) is 13.1. The lowest BCUT2D eigenvalue weighted by atomic mass is 10.0. The number of ether oxygens (including phenoxy) is 1. The second-order valence-corrected chi connectivity index (χ2v) is 7.66. The highest BCUT2D eigenvalue weighted by Gasteiger charge is 2.36. The molecular formula is C16H20BrN3O2. The van der Waals surface area contributed by atoms with Crippen LogP contribution in [0.15, 0.2) is 21.7 Å². The molecule has 0 saturated carbocycles. The van der Waals surface area contributed by atoms with Gasteiger partial charge in [0.25, 0.3) is 0 Å². The van der Waals surface area contributed by atoms with Gasteiger partial charge in [-0.05, 0) is 55.6 Å². The van der Waals surface area contributed by atoms with Gasteiger partial charge in [0.1, 0.15) is 5.60 Å². The third-order valence-electron chi connectivity index (χ3n) is 3.80. The summed E-state index contributed by atoms with van der Waals surface area (Å²) in [5, 5.41) is 0. The number of halogens is 1. The quantitative estimate of drug-likeness (QED) is 0.758. The van der Waals surface area contributed by atoms with Crippen molar-refractivity contribution in [1.29, 1.82) is 0 Å². The number of amides is 1. The van der Waals surface area contributed by atoms with Gasteiger partial charge >= 0.3 is 6.09 Å². The summed E-state index contributed by atoms with van der Waals surface area (Å²) in [4.78, 5) is 23.2. The molecule has 2 aliphatic rings. The van der Waals surface area contributed by atoms with Gasteiger partial charge in [-0.2, -0.15) is 0 Å². The lowest BCUT2D eigenvalue weighted by molar-refractivity contribution is 0.0265. The first kappa shape index (κ1) is 15.5. The van der Waals surface area contributed by atoms with Gasteiger partial charge in [0.15, 0.2) is 5.82 Å². The largest absolute Gasteiger partial charge is 0.444 e. The molecule has 5 nitrogen and oxygen atoms in total. The Bertz CT molecular complexity index is 637. The number of rotatable bonds is 1. The van der Waals surface area contributed by atoms with Gasteiger partial charge in [-0.3, -0.25) is 4.90 Å². The molecule has 1 saturated heterocycles. The van der Waals surface area contributed by atoms with Crippen LogP contribution in [-0.4, -0.2) is 39.9 Å². The normalized spacial score (nSPS) is 20.8. The van der Waals surface area contributed by atoms with Gasteiger partial charge in [0.05, 0.1) is 6.04 Å². The fourth-order valence-corrected chi connectivity index (χ4v) is 3.30. The SMILES string of the molecule is CC(C)(C)OC(=O)N1CCC[C@H]1C1=Nc2ncc(Br)cc2C1. The van der Waals surface area contributed by atoms with Crippen LogP contribution < -0.4 is 0 Å². The van der Waals surface area contributed by atoms with Crippen molar-refractivity contribution in [3.8, 4) is 0 Å². The maximum Gasteiger partial charge on any atom is 0.410 e. The summed E-state index contributed by atoms with van der Waals surface area (Å²) in [5.74, 6) is 0.772. The van der Waals surface area contributed by atoms with E-state index < -0.39 is 5.60 Å². The number of carbonyl (C=O) groups is 1. The molecule has 3 heterocycles. The van der Waals surface area contributed by atoms with Crippen LogP contribution in [0.1, 0.15) is 39.2 Å². The lowest BCUT2D eigenvalue weighted by Crippen LogP contribution is -2.43. The summed E-state index contributed by atoms with van der Waals surface area (Å²) in [7, 11) is 0. The molecule has 6 heteroatoms. The van der Waals surface area contributed by atoms with E-state index in [0.29, 0.717) is 0 Å². The molecule has 3 rings (SSSR count). The second kappa shape index (κ2) is 5.65. The Morgan fingerprint density at radius 2 is 2.23 bits per heavy atom. The standard InChI is InChI=1S/C16H20BrN3O2/c1-16(2,3)22-15(21)20-6-4-5-13(20)12-8-10-7-11(17)9-18-14(10)19-12/h7,9,13H,4-6,8H2,1-3H3/t13-/m0/s1. The molecule has 22 heavy (non-hydrogen) atoms. The van der Waals surface area contributed by atoms with E-state index in [9.17, 15) is 4.79 Å². The number of aromatic nitrogens is 1. The number of carbonyl (C=O) groups excluding carboxylic acids is 1. The smallest absolute Gasteiger partial charge is 0.410 e. The van der Waals surface area contributed by atoms with Gasteiger partial charge in [-0.1, -0.05) is 0 Å². The van der Waals surface area contributed by atoms with Gasteiger partial charge in [0, 0.05) is 34.9 Å². The summed E-state index contributed by atoms with van der Waals surface area (Å²) < 4.78 is 6.47. The number of aliphatic imine (C=N–C) groups is 1. The summed E-state index contributed by atoms with van der Waals surface area (Å²) in [6.07, 6.45) is 4.18. The monoisotopic (exact) mass is 365 g/mol. The molecule has 118 valence electrons. The Balaban J connectivity index is 1.76. The summed E-state index contributed by atoms with van der Waals surface area (Å²) in [6.45, 7) is 6.40. The minimum absolute atomic E-state index is 0.0304. The van der Waals surface area contributed by atoms with Gasteiger partial charge < -0.3 is 4.74 Å². The summed E-state index contributed by atoms with van der Waals surface area (Å²) in [6, 6.07) is 2.08. The van der Waals surface area contributed by atoms with E-state index in [1.807, 2.05) is 31.7 Å². The molecule has 0 spiro atoms. The third-order valence-corrected chi connectivity index (χ3v) is 4.23. The molecule has 1 fully saturated rings. The second-order valence-electron chi connectivity index (χ2n) is 6.75. The molecule has 0 radical (unpaired) electrons. The van der Waals surface area contributed by atoms with Crippen molar-refractivity contribution in [2.24, 2.45) is 4.99 Å². The Morgan fingerprint density at radius 1 is 1.45 bits per heavy atom. The molecule has 1 aromatic rings. The topological polar surface area (TPSA) is 54.8 Å². The fraction of sp³-hybridized carbons (Fsp3) is 0.562. The Morgan fingerprint density at radius 3 is 2.95 bits per heavy atom. The van der Waals surface area contributed by atoms with E-state index in [2.05, 4.69) is 25.9 Å². The van der Waals surface area contributed by atoms with Gasteiger partial charge in [-0.15, -0.1) is 0 Å². The van der Waals surface area contributed by atoms with E-state index in [0.717, 1.165) is 47.4 Å². The minimum Gasteiger partial charge on any atom is -0.444 e. The highest BCUT2D eigenvalue weighted by atomic mass is 79.9. The third kappa shape index (κ3) is 3.16. The first-order valence-corrected chi connectivity index (χ1v) is 8.34. The average Bonchev–Trinajstić information content (AvgIpc) is 3.01. The average molecular weight is 366 g/mol. The Labute approximate surface area is 138 Å². The molecule has 0 unspecified atom stereocenters. The van der Waals surface area contributed by atoms with Crippen molar-refractivity contribution >= 4 is 33.6 Å². The van der Waals surface area contributed by atoms with Crippen molar-refractivity contribution in [2.75, 3.05) is 6.54 Å². The summed E-state index contributed by atoms with van der Waals surface area (Å²) >= 11 is 3.44. The van der Waals surface area contributed by atoms with E-state index in [4.69, 9.17) is 4.74 Å². The van der Waals surface area contributed by atoms with Crippen LogP contribution in [0.3, 0.4) is 0 Å². The van der Waals surface area contributed by atoms with E-state index in [-0.39, 0.29) is 12.1 Å². The molecular weight excluding hydrogens is 346 g/mol. The molecule has 0 aliphatic carbocycles.